The monoisotopic (exact) mass is 340 g/mol. The van der Waals surface area contributed by atoms with Crippen molar-refractivity contribution in [2.75, 3.05) is 11.9 Å². The summed E-state index contributed by atoms with van der Waals surface area (Å²) in [6.07, 6.45) is 0.636. The highest BCUT2D eigenvalue weighted by Crippen LogP contribution is 2.23. The van der Waals surface area contributed by atoms with E-state index in [1.54, 1.807) is 28.9 Å². The van der Waals surface area contributed by atoms with Crippen LogP contribution in [-0.2, 0) is 11.8 Å². The van der Waals surface area contributed by atoms with E-state index >= 15 is 0 Å². The highest BCUT2D eigenvalue weighted by atomic mass is 16.2. The summed E-state index contributed by atoms with van der Waals surface area (Å²) in [4.78, 5) is 37.9. The van der Waals surface area contributed by atoms with Crippen molar-refractivity contribution in [3.63, 3.8) is 0 Å². The number of rotatable bonds is 5. The van der Waals surface area contributed by atoms with Crippen molar-refractivity contribution in [1.29, 1.82) is 0 Å². The third kappa shape index (κ3) is 3.05. The second-order valence-corrected chi connectivity index (χ2v) is 6.13. The zero-order valence-electron chi connectivity index (χ0n) is 14.5. The lowest BCUT2D eigenvalue weighted by Crippen LogP contribution is -2.31. The predicted octanol–water partition coefficient (Wildman–Crippen LogP) is 2.05. The standard InChI is InChI=1S/C18H20N4O3/c1-11-16(12(2)21(3)20-11)19-15(23)9-6-10-22-17(24)13-7-4-5-8-14(13)18(22)25/h4-5,7-8H,6,9-10H2,1-3H3,(H,19,23). The van der Waals surface area contributed by atoms with E-state index in [2.05, 4.69) is 10.4 Å². The third-order valence-electron chi connectivity index (χ3n) is 4.44. The average molecular weight is 340 g/mol. The molecule has 0 aliphatic carbocycles. The quantitative estimate of drug-likeness (QED) is 0.844. The first kappa shape index (κ1) is 16.9. The lowest BCUT2D eigenvalue weighted by molar-refractivity contribution is -0.116. The van der Waals surface area contributed by atoms with Gasteiger partial charge in [0.25, 0.3) is 11.8 Å². The molecule has 1 N–H and O–H groups in total. The van der Waals surface area contributed by atoms with Crippen LogP contribution in [0, 0.1) is 13.8 Å². The van der Waals surface area contributed by atoms with E-state index in [9.17, 15) is 14.4 Å². The molecule has 7 nitrogen and oxygen atoms in total. The molecule has 0 unspecified atom stereocenters. The van der Waals surface area contributed by atoms with Gasteiger partial charge in [0.15, 0.2) is 0 Å². The number of aryl methyl sites for hydroxylation is 2. The fraction of sp³-hybridized carbons (Fsp3) is 0.333. The summed E-state index contributed by atoms with van der Waals surface area (Å²) >= 11 is 0. The molecule has 0 atom stereocenters. The summed E-state index contributed by atoms with van der Waals surface area (Å²) in [5, 5.41) is 7.11. The zero-order valence-corrected chi connectivity index (χ0v) is 14.5. The van der Waals surface area contributed by atoms with Gasteiger partial charge >= 0.3 is 0 Å². The number of nitrogens with zero attached hydrogens (tertiary/aromatic N) is 3. The van der Waals surface area contributed by atoms with Gasteiger partial charge in [-0.2, -0.15) is 5.10 Å². The minimum Gasteiger partial charge on any atom is -0.323 e. The molecule has 0 saturated carbocycles. The number of fused-ring (bicyclic) bond motifs is 1. The molecule has 1 aromatic carbocycles. The number of aromatic nitrogens is 2. The Morgan fingerprint density at radius 2 is 1.72 bits per heavy atom. The first-order chi connectivity index (χ1) is 11.9. The van der Waals surface area contributed by atoms with E-state index in [1.165, 1.54) is 4.90 Å². The van der Waals surface area contributed by atoms with Crippen molar-refractivity contribution in [3.05, 3.63) is 46.8 Å². The summed E-state index contributed by atoms with van der Waals surface area (Å²) in [7, 11) is 1.82. The lowest BCUT2D eigenvalue weighted by atomic mass is 10.1. The Morgan fingerprint density at radius 3 is 2.24 bits per heavy atom. The maximum atomic E-state index is 12.3. The Kier molecular flexibility index (Phi) is 4.39. The molecule has 0 spiro atoms. The van der Waals surface area contributed by atoms with Gasteiger partial charge in [0, 0.05) is 20.0 Å². The van der Waals surface area contributed by atoms with Gasteiger partial charge in [-0.25, -0.2) is 0 Å². The van der Waals surface area contributed by atoms with E-state index in [0.29, 0.717) is 23.2 Å². The molecule has 0 bridgehead atoms. The van der Waals surface area contributed by atoms with E-state index in [4.69, 9.17) is 0 Å². The summed E-state index contributed by atoms with van der Waals surface area (Å²) in [5.41, 5.74) is 3.21. The minimum absolute atomic E-state index is 0.157. The molecule has 7 heteroatoms. The van der Waals surface area contributed by atoms with Gasteiger partial charge in [-0.15, -0.1) is 0 Å². The summed E-state index contributed by atoms with van der Waals surface area (Å²) in [5.74, 6) is -0.740. The van der Waals surface area contributed by atoms with Gasteiger partial charge in [-0.05, 0) is 32.4 Å². The van der Waals surface area contributed by atoms with Crippen molar-refractivity contribution in [2.24, 2.45) is 7.05 Å². The Balaban J connectivity index is 1.56. The zero-order chi connectivity index (χ0) is 18.1. The molecule has 3 rings (SSSR count). The Labute approximate surface area is 145 Å². The van der Waals surface area contributed by atoms with Crippen LogP contribution < -0.4 is 5.32 Å². The Morgan fingerprint density at radius 1 is 1.12 bits per heavy atom. The number of hydrogen-bond donors (Lipinski definition) is 1. The van der Waals surface area contributed by atoms with Crippen LogP contribution >= 0.6 is 0 Å². The number of carbonyl (C=O) groups excluding carboxylic acids is 3. The number of hydrogen-bond acceptors (Lipinski definition) is 4. The normalized spacial score (nSPS) is 13.3. The molecule has 0 radical (unpaired) electrons. The third-order valence-corrected chi connectivity index (χ3v) is 4.44. The number of amides is 3. The molecule has 3 amide bonds. The first-order valence-electron chi connectivity index (χ1n) is 8.15. The van der Waals surface area contributed by atoms with Crippen LogP contribution in [0.5, 0.6) is 0 Å². The van der Waals surface area contributed by atoms with Gasteiger partial charge in [-0.1, -0.05) is 12.1 Å². The van der Waals surface area contributed by atoms with Gasteiger partial charge in [0.05, 0.1) is 28.2 Å². The molecule has 25 heavy (non-hydrogen) atoms. The molecular weight excluding hydrogens is 320 g/mol. The first-order valence-corrected chi connectivity index (χ1v) is 8.15. The predicted molar refractivity (Wildman–Crippen MR) is 92.4 cm³/mol. The summed E-state index contributed by atoms with van der Waals surface area (Å²) in [6.45, 7) is 3.95. The second kappa shape index (κ2) is 6.51. The number of benzene rings is 1. The van der Waals surface area contributed by atoms with Crippen molar-refractivity contribution in [3.8, 4) is 0 Å². The molecule has 130 valence electrons. The molecule has 2 aromatic rings. The van der Waals surface area contributed by atoms with Crippen LogP contribution in [0.4, 0.5) is 5.69 Å². The molecule has 1 aliphatic rings. The largest absolute Gasteiger partial charge is 0.323 e. The second-order valence-electron chi connectivity index (χ2n) is 6.13. The molecule has 1 aliphatic heterocycles. The van der Waals surface area contributed by atoms with E-state index in [-0.39, 0.29) is 30.7 Å². The van der Waals surface area contributed by atoms with Crippen molar-refractivity contribution >= 4 is 23.4 Å². The number of imide groups is 1. The van der Waals surface area contributed by atoms with E-state index < -0.39 is 0 Å². The van der Waals surface area contributed by atoms with Crippen molar-refractivity contribution < 1.29 is 14.4 Å². The highest BCUT2D eigenvalue weighted by molar-refractivity contribution is 6.21. The van der Waals surface area contributed by atoms with Crippen molar-refractivity contribution in [1.82, 2.24) is 14.7 Å². The van der Waals surface area contributed by atoms with Gasteiger partial charge in [-0.3, -0.25) is 24.0 Å². The van der Waals surface area contributed by atoms with Crippen LogP contribution in [0.2, 0.25) is 0 Å². The number of carbonyl (C=O) groups is 3. The maximum absolute atomic E-state index is 12.3. The average Bonchev–Trinajstić information content (AvgIpc) is 2.97. The van der Waals surface area contributed by atoms with Crippen LogP contribution in [0.3, 0.4) is 0 Å². The van der Waals surface area contributed by atoms with E-state index in [0.717, 1.165) is 11.4 Å². The summed E-state index contributed by atoms with van der Waals surface area (Å²) < 4.78 is 1.71. The Hall–Kier alpha value is -2.96. The minimum atomic E-state index is -0.292. The van der Waals surface area contributed by atoms with Crippen LogP contribution in [-0.4, -0.2) is 38.9 Å². The molecule has 0 saturated heterocycles. The fourth-order valence-electron chi connectivity index (χ4n) is 3.00. The van der Waals surface area contributed by atoms with Crippen LogP contribution in [0.15, 0.2) is 24.3 Å². The SMILES string of the molecule is Cc1nn(C)c(C)c1NC(=O)CCCN1C(=O)c2ccccc2C1=O. The number of nitrogens with one attached hydrogen (secondary N) is 1. The highest BCUT2D eigenvalue weighted by Gasteiger charge is 2.34. The molecule has 0 fully saturated rings. The van der Waals surface area contributed by atoms with Gasteiger partial charge < -0.3 is 5.32 Å². The van der Waals surface area contributed by atoms with E-state index in [1.807, 2.05) is 20.9 Å². The molecule has 2 heterocycles. The molecule has 1 aromatic heterocycles. The van der Waals surface area contributed by atoms with Crippen molar-refractivity contribution in [2.45, 2.75) is 26.7 Å². The van der Waals surface area contributed by atoms with Gasteiger partial charge in [0.1, 0.15) is 0 Å². The molecular formula is C18H20N4O3. The fourth-order valence-corrected chi connectivity index (χ4v) is 3.00. The Bertz CT molecular complexity index is 834. The lowest BCUT2D eigenvalue weighted by Gasteiger charge is -2.13. The van der Waals surface area contributed by atoms with Crippen LogP contribution in [0.25, 0.3) is 0 Å². The van der Waals surface area contributed by atoms with Gasteiger partial charge in [0.2, 0.25) is 5.91 Å². The topological polar surface area (TPSA) is 84.3 Å². The van der Waals surface area contributed by atoms with Crippen LogP contribution in [0.1, 0.15) is 44.9 Å². The number of anilines is 1. The smallest absolute Gasteiger partial charge is 0.261 e. The summed E-state index contributed by atoms with van der Waals surface area (Å²) in [6, 6.07) is 6.77. The maximum Gasteiger partial charge on any atom is 0.261 e.